The van der Waals surface area contributed by atoms with Crippen LogP contribution in [-0.2, 0) is 19.1 Å². The van der Waals surface area contributed by atoms with Crippen LogP contribution in [0.1, 0.15) is 42.7 Å². The molecule has 0 fully saturated rings. The Labute approximate surface area is 181 Å². The van der Waals surface area contributed by atoms with Gasteiger partial charge in [-0.15, -0.1) is 0 Å². The van der Waals surface area contributed by atoms with Crippen molar-refractivity contribution in [2.75, 3.05) is 13.7 Å². The van der Waals surface area contributed by atoms with E-state index in [2.05, 4.69) is 5.32 Å². The molecule has 1 aliphatic carbocycles. The highest BCUT2D eigenvalue weighted by Crippen LogP contribution is 2.46. The molecule has 1 heterocycles. The first kappa shape index (κ1) is 20.8. The van der Waals surface area contributed by atoms with Crippen LogP contribution in [0.15, 0.2) is 65.9 Å². The fourth-order valence-electron chi connectivity index (χ4n) is 4.61. The van der Waals surface area contributed by atoms with Crippen LogP contribution in [0.3, 0.4) is 0 Å². The first-order valence-electron chi connectivity index (χ1n) is 10.5. The molecule has 0 radical (unpaired) electrons. The molecule has 0 saturated heterocycles. The van der Waals surface area contributed by atoms with Gasteiger partial charge in [0.1, 0.15) is 11.7 Å². The molecule has 2 aromatic carbocycles. The van der Waals surface area contributed by atoms with Gasteiger partial charge < -0.3 is 14.8 Å². The Balaban J connectivity index is 1.82. The van der Waals surface area contributed by atoms with Gasteiger partial charge in [-0.1, -0.05) is 42.5 Å². The molecular weight excluding hydrogens is 394 g/mol. The Morgan fingerprint density at radius 2 is 1.77 bits per heavy atom. The summed E-state index contributed by atoms with van der Waals surface area (Å²) < 4.78 is 10.6. The lowest BCUT2D eigenvalue weighted by Gasteiger charge is -2.38. The minimum Gasteiger partial charge on any atom is -0.497 e. The minimum atomic E-state index is -0.941. The van der Waals surface area contributed by atoms with Crippen molar-refractivity contribution >= 4 is 17.7 Å². The van der Waals surface area contributed by atoms with Gasteiger partial charge in [-0.05, 0) is 36.6 Å². The maximum Gasteiger partial charge on any atom is 0.317 e. The predicted octanol–water partition coefficient (Wildman–Crippen LogP) is 3.49. The molecule has 6 nitrogen and oxygen atoms in total. The standard InChI is InChI=1S/C25H25NO5/c1-3-31-25(29)23-18(15-8-5-4-6-9-15)13-20-22(24(23)28)19(14-21(27)26-20)16-10-7-11-17(12-16)30-2/h4-12,18-19,23H,3,13-14H2,1-2H3,(H,26,27)/t18-,19+,23-/m0/s1. The number of benzene rings is 2. The van der Waals surface area contributed by atoms with Gasteiger partial charge in [-0.3, -0.25) is 14.4 Å². The van der Waals surface area contributed by atoms with Crippen molar-refractivity contribution in [1.82, 2.24) is 5.32 Å². The molecule has 1 aliphatic heterocycles. The molecule has 6 heteroatoms. The van der Waals surface area contributed by atoms with E-state index in [4.69, 9.17) is 9.47 Å². The average molecular weight is 419 g/mol. The number of hydrogen-bond acceptors (Lipinski definition) is 5. The number of Topliss-reactive ketones (excluding diaryl/α,β-unsaturated/α-hetero) is 1. The maximum atomic E-state index is 13.8. The summed E-state index contributed by atoms with van der Waals surface area (Å²) >= 11 is 0. The van der Waals surface area contributed by atoms with Crippen LogP contribution in [0.5, 0.6) is 5.75 Å². The molecule has 0 aromatic heterocycles. The molecule has 3 atom stereocenters. The van der Waals surface area contributed by atoms with Gasteiger partial charge in [0, 0.05) is 29.5 Å². The van der Waals surface area contributed by atoms with Crippen LogP contribution in [0.4, 0.5) is 0 Å². The number of hydrogen-bond donors (Lipinski definition) is 1. The Kier molecular flexibility index (Phi) is 5.89. The lowest BCUT2D eigenvalue weighted by atomic mass is 9.68. The fraction of sp³-hybridized carbons (Fsp3) is 0.320. The Bertz CT molecular complexity index is 1040. The SMILES string of the molecule is CCOC(=O)[C@@H]1C(=O)C2=C(C[C@H]1c1ccccc1)NC(=O)C[C@@H]2c1cccc(OC)c1. The second-order valence-electron chi connectivity index (χ2n) is 7.79. The monoisotopic (exact) mass is 419 g/mol. The molecule has 2 aliphatic rings. The van der Waals surface area contributed by atoms with Crippen LogP contribution in [0, 0.1) is 5.92 Å². The highest BCUT2D eigenvalue weighted by atomic mass is 16.5. The van der Waals surface area contributed by atoms with Gasteiger partial charge in [0.15, 0.2) is 5.78 Å². The van der Waals surface area contributed by atoms with E-state index in [-0.39, 0.29) is 24.7 Å². The van der Waals surface area contributed by atoms with E-state index in [1.54, 1.807) is 14.0 Å². The summed E-state index contributed by atoms with van der Waals surface area (Å²) in [7, 11) is 1.57. The lowest BCUT2D eigenvalue weighted by Crippen LogP contribution is -2.44. The Morgan fingerprint density at radius 3 is 2.48 bits per heavy atom. The van der Waals surface area contributed by atoms with Crippen molar-refractivity contribution < 1.29 is 23.9 Å². The van der Waals surface area contributed by atoms with Crippen molar-refractivity contribution in [2.45, 2.75) is 31.6 Å². The second kappa shape index (κ2) is 8.76. The first-order chi connectivity index (χ1) is 15.0. The number of amides is 1. The lowest BCUT2D eigenvalue weighted by molar-refractivity contribution is -0.152. The van der Waals surface area contributed by atoms with Gasteiger partial charge in [0.25, 0.3) is 0 Å². The van der Waals surface area contributed by atoms with Crippen LogP contribution in [0.25, 0.3) is 0 Å². The van der Waals surface area contributed by atoms with Gasteiger partial charge in [-0.25, -0.2) is 0 Å². The van der Waals surface area contributed by atoms with E-state index in [1.165, 1.54) is 0 Å². The first-order valence-corrected chi connectivity index (χ1v) is 10.5. The van der Waals surface area contributed by atoms with E-state index in [0.717, 1.165) is 11.1 Å². The molecule has 0 unspecified atom stereocenters. The normalized spacial score (nSPS) is 23.1. The van der Waals surface area contributed by atoms with Crippen molar-refractivity contribution in [3.05, 3.63) is 77.0 Å². The molecule has 4 rings (SSSR count). The zero-order chi connectivity index (χ0) is 22.0. The molecule has 160 valence electrons. The summed E-state index contributed by atoms with van der Waals surface area (Å²) in [5.41, 5.74) is 2.79. The molecule has 31 heavy (non-hydrogen) atoms. The molecular formula is C25H25NO5. The van der Waals surface area contributed by atoms with Crippen molar-refractivity contribution in [3.63, 3.8) is 0 Å². The number of carbonyl (C=O) groups excluding carboxylic acids is 3. The number of rotatable bonds is 5. The third-order valence-electron chi connectivity index (χ3n) is 5.99. The topological polar surface area (TPSA) is 81.7 Å². The largest absolute Gasteiger partial charge is 0.497 e. The van der Waals surface area contributed by atoms with Crippen molar-refractivity contribution in [3.8, 4) is 5.75 Å². The van der Waals surface area contributed by atoms with E-state index in [0.29, 0.717) is 23.4 Å². The fourth-order valence-corrected chi connectivity index (χ4v) is 4.61. The zero-order valence-corrected chi connectivity index (χ0v) is 17.6. The summed E-state index contributed by atoms with van der Waals surface area (Å²) in [6.07, 6.45) is 0.532. The number of ether oxygens (including phenoxy) is 2. The molecule has 0 saturated carbocycles. The Hall–Kier alpha value is -3.41. The van der Waals surface area contributed by atoms with Crippen molar-refractivity contribution in [1.29, 1.82) is 0 Å². The Morgan fingerprint density at radius 1 is 1.03 bits per heavy atom. The molecule has 0 bridgehead atoms. The smallest absolute Gasteiger partial charge is 0.317 e. The van der Waals surface area contributed by atoms with Gasteiger partial charge in [-0.2, -0.15) is 0 Å². The second-order valence-corrected chi connectivity index (χ2v) is 7.79. The number of carbonyl (C=O) groups is 3. The van der Waals surface area contributed by atoms with Crippen molar-refractivity contribution in [2.24, 2.45) is 5.92 Å². The molecule has 1 N–H and O–H groups in total. The molecule has 0 spiro atoms. The highest BCUT2D eigenvalue weighted by Gasteiger charge is 2.47. The summed E-state index contributed by atoms with van der Waals surface area (Å²) in [6.45, 7) is 1.93. The zero-order valence-electron chi connectivity index (χ0n) is 17.6. The number of nitrogens with one attached hydrogen (secondary N) is 1. The summed E-state index contributed by atoms with van der Waals surface area (Å²) in [6, 6.07) is 16.8. The number of esters is 1. The third kappa shape index (κ3) is 3.98. The van der Waals surface area contributed by atoms with Gasteiger partial charge >= 0.3 is 5.97 Å². The molecule has 1 amide bonds. The van der Waals surface area contributed by atoms with Gasteiger partial charge in [0.2, 0.25) is 5.91 Å². The van der Waals surface area contributed by atoms with E-state index in [1.807, 2.05) is 54.6 Å². The summed E-state index contributed by atoms with van der Waals surface area (Å²) in [5.74, 6) is -2.05. The summed E-state index contributed by atoms with van der Waals surface area (Å²) in [5, 5.41) is 2.90. The quantitative estimate of drug-likeness (QED) is 0.593. The van der Waals surface area contributed by atoms with Gasteiger partial charge in [0.05, 0.1) is 13.7 Å². The van der Waals surface area contributed by atoms with E-state index >= 15 is 0 Å². The van der Waals surface area contributed by atoms with Crippen LogP contribution in [0.2, 0.25) is 0 Å². The maximum absolute atomic E-state index is 13.8. The van der Waals surface area contributed by atoms with Crippen LogP contribution < -0.4 is 10.1 Å². The average Bonchev–Trinajstić information content (AvgIpc) is 2.79. The summed E-state index contributed by atoms with van der Waals surface area (Å²) in [4.78, 5) is 39.2. The number of ketones is 1. The number of allylic oxidation sites excluding steroid dienone is 2. The third-order valence-corrected chi connectivity index (χ3v) is 5.99. The highest BCUT2D eigenvalue weighted by molar-refractivity contribution is 6.12. The van der Waals surface area contributed by atoms with E-state index in [9.17, 15) is 14.4 Å². The molecule has 2 aromatic rings. The van der Waals surface area contributed by atoms with Crippen LogP contribution >= 0.6 is 0 Å². The predicted molar refractivity (Wildman–Crippen MR) is 114 cm³/mol. The van der Waals surface area contributed by atoms with Crippen LogP contribution in [-0.4, -0.2) is 31.4 Å². The number of methoxy groups -OCH3 is 1. The van der Waals surface area contributed by atoms with E-state index < -0.39 is 23.7 Å². The minimum absolute atomic E-state index is 0.138.